The van der Waals surface area contributed by atoms with E-state index in [0.717, 1.165) is 31.6 Å². The van der Waals surface area contributed by atoms with Crippen molar-refractivity contribution < 1.29 is 19.1 Å². The van der Waals surface area contributed by atoms with Crippen LogP contribution >= 0.6 is 11.8 Å². The highest BCUT2D eigenvalue weighted by atomic mass is 32.2. The minimum absolute atomic E-state index is 0.0355. The number of carbonyl (C=O) groups excluding carboxylic acids is 3. The first-order valence-electron chi connectivity index (χ1n) is 7.40. The van der Waals surface area contributed by atoms with E-state index < -0.39 is 0 Å². The normalized spacial score (nSPS) is 22.5. The third-order valence-corrected chi connectivity index (χ3v) is 4.91. The third-order valence-electron chi connectivity index (χ3n) is 4.02. The number of hydrogen-bond acceptors (Lipinski definition) is 5. The van der Waals surface area contributed by atoms with Gasteiger partial charge in [0.1, 0.15) is 0 Å². The van der Waals surface area contributed by atoms with E-state index in [2.05, 4.69) is 0 Å². The van der Waals surface area contributed by atoms with Crippen molar-refractivity contribution >= 4 is 28.9 Å². The summed E-state index contributed by atoms with van der Waals surface area (Å²) in [6.45, 7) is 1.90. The zero-order valence-corrected chi connectivity index (χ0v) is 13.2. The van der Waals surface area contributed by atoms with Crippen molar-refractivity contribution in [2.75, 3.05) is 32.5 Å². The molecule has 0 saturated carbocycles. The van der Waals surface area contributed by atoms with Gasteiger partial charge in [0.2, 0.25) is 5.91 Å². The second-order valence-electron chi connectivity index (χ2n) is 5.37. The summed E-state index contributed by atoms with van der Waals surface area (Å²) in [5.74, 6) is 0.570. The molecule has 118 valence electrons. The van der Waals surface area contributed by atoms with Crippen molar-refractivity contribution in [1.82, 2.24) is 9.80 Å². The molecule has 6 nitrogen and oxygen atoms in total. The van der Waals surface area contributed by atoms with Crippen LogP contribution in [0.4, 0.5) is 4.79 Å². The molecular formula is C14H22N2O4S. The van der Waals surface area contributed by atoms with Gasteiger partial charge in [0, 0.05) is 37.8 Å². The molecule has 7 heteroatoms. The Balaban J connectivity index is 1.85. The summed E-state index contributed by atoms with van der Waals surface area (Å²) in [4.78, 5) is 38.9. The maximum absolute atomic E-state index is 12.4. The van der Waals surface area contributed by atoms with Gasteiger partial charge in [0.25, 0.3) is 5.24 Å². The quantitative estimate of drug-likeness (QED) is 0.719. The van der Waals surface area contributed by atoms with Gasteiger partial charge in [-0.15, -0.1) is 0 Å². The zero-order chi connectivity index (χ0) is 15.2. The number of likely N-dealkylation sites (tertiary alicyclic amines) is 1. The third kappa shape index (κ3) is 4.36. The lowest BCUT2D eigenvalue weighted by Crippen LogP contribution is -2.45. The highest BCUT2D eigenvalue weighted by Gasteiger charge is 2.29. The molecule has 0 N–H and O–H groups in total. The van der Waals surface area contributed by atoms with Crippen LogP contribution < -0.4 is 0 Å². The molecule has 0 aromatic carbocycles. The van der Waals surface area contributed by atoms with Gasteiger partial charge in [-0.3, -0.25) is 14.4 Å². The summed E-state index contributed by atoms with van der Waals surface area (Å²) in [6, 6.07) is -0.0534. The first-order valence-corrected chi connectivity index (χ1v) is 8.38. The number of ether oxygens (including phenoxy) is 1. The van der Waals surface area contributed by atoms with Crippen LogP contribution in [0.5, 0.6) is 0 Å². The number of nitrogens with zero attached hydrogens (tertiary/aromatic N) is 2. The Bertz CT molecular complexity index is 416. The van der Waals surface area contributed by atoms with Gasteiger partial charge in [0.15, 0.2) is 0 Å². The van der Waals surface area contributed by atoms with Crippen molar-refractivity contribution in [3.05, 3.63) is 0 Å². The summed E-state index contributed by atoms with van der Waals surface area (Å²) >= 11 is 1.31. The smallest absolute Gasteiger partial charge is 0.307 e. The molecule has 2 amide bonds. The van der Waals surface area contributed by atoms with Crippen LogP contribution in [-0.4, -0.2) is 65.5 Å². The fourth-order valence-electron chi connectivity index (χ4n) is 2.82. The standard InChI is InChI=1S/C14H22N2O4S/c1-20-13(18)10-11-4-2-3-6-16(11)12(17)5-7-15-8-9-21-14(15)19/h11H,2-10H2,1H3. The summed E-state index contributed by atoms with van der Waals surface area (Å²) < 4.78 is 4.70. The number of amides is 2. The Morgan fingerprint density at radius 1 is 1.33 bits per heavy atom. The number of esters is 1. The van der Waals surface area contributed by atoms with Gasteiger partial charge in [-0.1, -0.05) is 11.8 Å². The fraction of sp³-hybridized carbons (Fsp3) is 0.786. The Morgan fingerprint density at radius 2 is 2.14 bits per heavy atom. The summed E-state index contributed by atoms with van der Waals surface area (Å²) in [5, 5.41) is 0.0626. The predicted molar refractivity (Wildman–Crippen MR) is 80.0 cm³/mol. The lowest BCUT2D eigenvalue weighted by molar-refractivity contribution is -0.144. The van der Waals surface area contributed by atoms with Crippen molar-refractivity contribution in [3.8, 4) is 0 Å². The Hall–Kier alpha value is -1.24. The van der Waals surface area contributed by atoms with Gasteiger partial charge >= 0.3 is 5.97 Å². The SMILES string of the molecule is COC(=O)CC1CCCCN1C(=O)CCN1CCSC1=O. The van der Waals surface area contributed by atoms with Crippen molar-refractivity contribution in [2.24, 2.45) is 0 Å². The topological polar surface area (TPSA) is 66.9 Å². The molecule has 1 atom stereocenters. The van der Waals surface area contributed by atoms with Crippen LogP contribution in [0, 0.1) is 0 Å². The Morgan fingerprint density at radius 3 is 2.81 bits per heavy atom. The lowest BCUT2D eigenvalue weighted by atomic mass is 9.99. The highest BCUT2D eigenvalue weighted by molar-refractivity contribution is 8.13. The van der Waals surface area contributed by atoms with Gasteiger partial charge in [0.05, 0.1) is 13.5 Å². The van der Waals surface area contributed by atoms with Gasteiger partial charge in [-0.05, 0) is 19.3 Å². The van der Waals surface area contributed by atoms with E-state index in [1.165, 1.54) is 18.9 Å². The molecule has 1 unspecified atom stereocenters. The molecular weight excluding hydrogens is 292 g/mol. The molecule has 2 heterocycles. The van der Waals surface area contributed by atoms with Crippen LogP contribution in [0.25, 0.3) is 0 Å². The monoisotopic (exact) mass is 314 g/mol. The van der Waals surface area contributed by atoms with Crippen LogP contribution in [-0.2, 0) is 14.3 Å². The van der Waals surface area contributed by atoms with Gasteiger partial charge in [-0.25, -0.2) is 0 Å². The second-order valence-corrected chi connectivity index (χ2v) is 6.41. The van der Waals surface area contributed by atoms with E-state index in [0.29, 0.717) is 19.5 Å². The molecule has 0 spiro atoms. The van der Waals surface area contributed by atoms with E-state index in [1.807, 2.05) is 0 Å². The van der Waals surface area contributed by atoms with Crippen LogP contribution in [0.2, 0.25) is 0 Å². The molecule has 21 heavy (non-hydrogen) atoms. The average molecular weight is 314 g/mol. The number of thioether (sulfide) groups is 1. The summed E-state index contributed by atoms with van der Waals surface area (Å²) in [6.07, 6.45) is 3.46. The first-order chi connectivity index (χ1) is 10.1. The Kier molecular flexibility index (Phi) is 5.90. The molecule has 0 radical (unpaired) electrons. The largest absolute Gasteiger partial charge is 0.469 e. The number of piperidine rings is 1. The highest BCUT2D eigenvalue weighted by Crippen LogP contribution is 2.22. The number of carbonyl (C=O) groups is 3. The minimum Gasteiger partial charge on any atom is -0.469 e. The number of rotatable bonds is 5. The molecule has 2 rings (SSSR count). The molecule has 2 saturated heterocycles. The van der Waals surface area contributed by atoms with E-state index in [4.69, 9.17) is 4.74 Å². The van der Waals surface area contributed by atoms with Gasteiger partial charge < -0.3 is 14.5 Å². The van der Waals surface area contributed by atoms with Crippen LogP contribution in [0.3, 0.4) is 0 Å². The zero-order valence-electron chi connectivity index (χ0n) is 12.4. The minimum atomic E-state index is -0.272. The van der Waals surface area contributed by atoms with Crippen molar-refractivity contribution in [3.63, 3.8) is 0 Å². The molecule has 0 aromatic rings. The van der Waals surface area contributed by atoms with Crippen molar-refractivity contribution in [2.45, 2.75) is 38.1 Å². The van der Waals surface area contributed by atoms with Crippen molar-refractivity contribution in [1.29, 1.82) is 0 Å². The number of methoxy groups -OCH3 is 1. The first kappa shape index (κ1) is 16.1. The van der Waals surface area contributed by atoms with E-state index in [-0.39, 0.29) is 29.6 Å². The maximum atomic E-state index is 12.4. The molecule has 0 aromatic heterocycles. The number of hydrogen-bond donors (Lipinski definition) is 0. The average Bonchev–Trinajstić information content (AvgIpc) is 2.90. The van der Waals surface area contributed by atoms with Crippen LogP contribution in [0.1, 0.15) is 32.1 Å². The van der Waals surface area contributed by atoms with Crippen LogP contribution in [0.15, 0.2) is 0 Å². The van der Waals surface area contributed by atoms with E-state index in [9.17, 15) is 14.4 Å². The summed E-state index contributed by atoms with van der Waals surface area (Å²) in [5.41, 5.74) is 0. The maximum Gasteiger partial charge on any atom is 0.307 e. The fourth-order valence-corrected chi connectivity index (χ4v) is 3.67. The lowest BCUT2D eigenvalue weighted by Gasteiger charge is -2.35. The van der Waals surface area contributed by atoms with E-state index in [1.54, 1.807) is 9.80 Å². The van der Waals surface area contributed by atoms with Gasteiger partial charge in [-0.2, -0.15) is 0 Å². The predicted octanol–water partition coefficient (Wildman–Crippen LogP) is 1.49. The second kappa shape index (κ2) is 7.68. The van der Waals surface area contributed by atoms with E-state index >= 15 is 0 Å². The Labute approximate surface area is 129 Å². The summed E-state index contributed by atoms with van der Waals surface area (Å²) in [7, 11) is 1.37. The molecule has 0 bridgehead atoms. The molecule has 2 aliphatic rings. The molecule has 2 aliphatic heterocycles. The molecule has 2 fully saturated rings. The molecule has 0 aliphatic carbocycles.